The Balaban J connectivity index is 0.00000264. The van der Waals surface area contributed by atoms with Crippen LogP contribution in [0.15, 0.2) is 42.7 Å². The molecule has 5 nitrogen and oxygen atoms in total. The van der Waals surface area contributed by atoms with Gasteiger partial charge >= 0.3 is 5.97 Å². The zero-order valence-corrected chi connectivity index (χ0v) is 13.4. The molecule has 0 saturated heterocycles. The zero-order chi connectivity index (χ0) is 15.9. The number of hydrogen-bond donors (Lipinski definition) is 2. The summed E-state index contributed by atoms with van der Waals surface area (Å²) in [5.74, 6) is -0.265. The number of halogens is 1. The number of aromatic hydroxyl groups is 1. The van der Waals surface area contributed by atoms with E-state index in [2.05, 4.69) is 0 Å². The molecule has 6 heteroatoms. The van der Waals surface area contributed by atoms with Crippen molar-refractivity contribution >= 4 is 18.1 Å². The molecule has 23 heavy (non-hydrogen) atoms. The minimum Gasteiger partial charge on any atom is -1.00 e. The number of rotatable bonds is 6. The molecule has 0 bridgehead atoms. The predicted octanol–water partition coefficient (Wildman–Crippen LogP) is -0.663. The summed E-state index contributed by atoms with van der Waals surface area (Å²) < 4.78 is 6.89. The fraction of sp³-hybridized carbons (Fsp3) is 0.176. The molecule has 1 heterocycles. The van der Waals surface area contributed by atoms with E-state index in [1.807, 2.05) is 41.2 Å². The van der Waals surface area contributed by atoms with E-state index in [1.165, 1.54) is 7.11 Å². The second kappa shape index (κ2) is 8.80. The Labute approximate surface area is 140 Å². The van der Waals surface area contributed by atoms with E-state index in [4.69, 9.17) is 9.84 Å². The van der Waals surface area contributed by atoms with E-state index >= 15 is 0 Å². The molecule has 0 atom stereocenters. The van der Waals surface area contributed by atoms with Crippen LogP contribution in [0.4, 0.5) is 0 Å². The second-order valence-corrected chi connectivity index (χ2v) is 4.78. The third kappa shape index (κ3) is 5.64. The first kappa shape index (κ1) is 18.5. The number of hydrogen-bond acceptors (Lipinski definition) is 3. The first-order valence-electron chi connectivity index (χ1n) is 6.84. The summed E-state index contributed by atoms with van der Waals surface area (Å²) in [7, 11) is 1.51. The minimum atomic E-state index is -0.808. The fourth-order valence-corrected chi connectivity index (χ4v) is 1.94. The smallest absolute Gasteiger partial charge is 0.309 e. The molecule has 0 aliphatic rings. The molecule has 0 aliphatic carbocycles. The van der Waals surface area contributed by atoms with Crippen molar-refractivity contribution in [3.63, 3.8) is 0 Å². The van der Waals surface area contributed by atoms with Crippen molar-refractivity contribution in [3.05, 3.63) is 53.9 Å². The number of carboxylic acids is 1. The van der Waals surface area contributed by atoms with Gasteiger partial charge in [0.25, 0.3) is 0 Å². The normalized spacial score (nSPS) is 10.3. The van der Waals surface area contributed by atoms with E-state index in [0.29, 0.717) is 12.3 Å². The van der Waals surface area contributed by atoms with Crippen molar-refractivity contribution in [1.29, 1.82) is 0 Å². The molecule has 2 rings (SSSR count). The molecular weight excluding hydrogens is 318 g/mol. The molecule has 2 aromatic rings. The number of ether oxygens (including phenoxy) is 1. The monoisotopic (exact) mass is 335 g/mol. The lowest BCUT2D eigenvalue weighted by molar-refractivity contribution is -0.696. The maximum Gasteiger partial charge on any atom is 0.309 e. The molecule has 0 spiro atoms. The highest BCUT2D eigenvalue weighted by Crippen LogP contribution is 2.26. The first-order chi connectivity index (χ1) is 10.6. The first-order valence-corrected chi connectivity index (χ1v) is 6.84. The van der Waals surface area contributed by atoms with Gasteiger partial charge in [0.15, 0.2) is 30.4 Å². The van der Waals surface area contributed by atoms with Gasteiger partial charge in [-0.2, -0.15) is 0 Å². The van der Waals surface area contributed by atoms with Crippen LogP contribution in [0.1, 0.15) is 17.5 Å². The van der Waals surface area contributed by atoms with Crippen molar-refractivity contribution < 1.29 is 36.7 Å². The molecule has 0 radical (unpaired) electrons. The van der Waals surface area contributed by atoms with Gasteiger partial charge in [0, 0.05) is 12.1 Å². The maximum atomic E-state index is 10.5. The predicted molar refractivity (Wildman–Crippen MR) is 82.5 cm³/mol. The van der Waals surface area contributed by atoms with Gasteiger partial charge in [-0.3, -0.25) is 4.79 Å². The molecule has 0 saturated carbocycles. The molecule has 0 unspecified atom stereocenters. The lowest BCUT2D eigenvalue weighted by atomic mass is 10.1. The molecule has 0 amide bonds. The number of methoxy groups -OCH3 is 1. The number of phenols is 1. The Hall–Kier alpha value is -2.53. The van der Waals surface area contributed by atoms with E-state index in [0.717, 1.165) is 11.1 Å². The maximum absolute atomic E-state index is 10.5. The van der Waals surface area contributed by atoms with Crippen LogP contribution in [-0.4, -0.2) is 23.3 Å². The lowest BCUT2D eigenvalue weighted by Crippen LogP contribution is -3.00. The third-order valence-electron chi connectivity index (χ3n) is 3.17. The third-order valence-corrected chi connectivity index (χ3v) is 3.17. The van der Waals surface area contributed by atoms with Crippen molar-refractivity contribution in [3.8, 4) is 11.5 Å². The highest BCUT2D eigenvalue weighted by Gasteiger charge is 2.04. The zero-order valence-electron chi connectivity index (χ0n) is 12.6. The van der Waals surface area contributed by atoms with Crippen LogP contribution in [0, 0.1) is 0 Å². The van der Waals surface area contributed by atoms with Gasteiger partial charge in [0.2, 0.25) is 0 Å². The lowest BCUT2D eigenvalue weighted by Gasteiger charge is -2.03. The molecule has 1 aromatic heterocycles. The Morgan fingerprint density at radius 3 is 2.43 bits per heavy atom. The van der Waals surface area contributed by atoms with Crippen molar-refractivity contribution in [1.82, 2.24) is 0 Å². The summed E-state index contributed by atoms with van der Waals surface area (Å²) in [6.45, 7) is 0.453. The van der Waals surface area contributed by atoms with Gasteiger partial charge in [0.1, 0.15) is 6.42 Å². The van der Waals surface area contributed by atoms with Crippen LogP contribution >= 0.6 is 0 Å². The summed E-state index contributed by atoms with van der Waals surface area (Å²) >= 11 is 0. The summed E-state index contributed by atoms with van der Waals surface area (Å²) in [6, 6.07) is 8.96. The molecule has 122 valence electrons. The largest absolute Gasteiger partial charge is 1.00 e. The van der Waals surface area contributed by atoms with Gasteiger partial charge in [0.05, 0.1) is 7.11 Å². The van der Waals surface area contributed by atoms with Crippen molar-refractivity contribution in [2.45, 2.75) is 13.0 Å². The number of aryl methyl sites for hydroxylation is 1. The van der Waals surface area contributed by atoms with Crippen LogP contribution in [0.5, 0.6) is 11.5 Å². The average molecular weight is 336 g/mol. The van der Waals surface area contributed by atoms with E-state index < -0.39 is 5.97 Å². The van der Waals surface area contributed by atoms with E-state index in [9.17, 15) is 9.90 Å². The number of benzene rings is 1. The second-order valence-electron chi connectivity index (χ2n) is 4.78. The number of carboxylic acid groups (broad SMARTS) is 1. The highest BCUT2D eigenvalue weighted by molar-refractivity contribution is 5.70. The Morgan fingerprint density at radius 1 is 1.17 bits per heavy atom. The van der Waals surface area contributed by atoms with Gasteiger partial charge in [-0.1, -0.05) is 18.2 Å². The van der Waals surface area contributed by atoms with Crippen LogP contribution in [0.2, 0.25) is 0 Å². The number of aromatic nitrogens is 1. The van der Waals surface area contributed by atoms with Gasteiger partial charge in [-0.25, -0.2) is 4.57 Å². The SMILES string of the molecule is COc1cc(/C=C\c2cc[n+](CCC(=O)O)cc2)ccc1O.[Cl-]. The molecule has 1 aromatic carbocycles. The van der Waals surface area contributed by atoms with Gasteiger partial charge < -0.3 is 27.4 Å². The number of phenolic OH excluding ortho intramolecular Hbond substituents is 1. The fourth-order valence-electron chi connectivity index (χ4n) is 1.94. The molecular formula is C17H18ClNO4. The van der Waals surface area contributed by atoms with Crippen LogP contribution in [-0.2, 0) is 11.3 Å². The summed E-state index contributed by atoms with van der Waals surface area (Å²) in [6.07, 6.45) is 7.65. The highest BCUT2D eigenvalue weighted by atomic mass is 35.5. The Morgan fingerprint density at radius 2 is 1.83 bits per heavy atom. The van der Waals surface area contributed by atoms with Gasteiger partial charge in [-0.05, 0) is 23.3 Å². The van der Waals surface area contributed by atoms with E-state index in [1.54, 1.807) is 18.2 Å². The molecule has 0 fully saturated rings. The van der Waals surface area contributed by atoms with Crippen molar-refractivity contribution in [2.75, 3.05) is 7.11 Å². The van der Waals surface area contributed by atoms with E-state index in [-0.39, 0.29) is 24.6 Å². The number of nitrogens with zero attached hydrogens (tertiary/aromatic N) is 1. The number of pyridine rings is 1. The van der Waals surface area contributed by atoms with Gasteiger partial charge in [-0.15, -0.1) is 0 Å². The summed E-state index contributed by atoms with van der Waals surface area (Å²) in [5, 5.41) is 18.2. The van der Waals surface area contributed by atoms with Crippen LogP contribution in [0.3, 0.4) is 0 Å². The molecule has 2 N–H and O–H groups in total. The Kier molecular flexibility index (Phi) is 7.09. The van der Waals surface area contributed by atoms with Crippen molar-refractivity contribution in [2.24, 2.45) is 0 Å². The minimum absolute atomic E-state index is 0. The van der Waals surface area contributed by atoms with Crippen LogP contribution < -0.4 is 21.7 Å². The quantitative estimate of drug-likeness (QED) is 0.688. The standard InChI is InChI=1S/C17H17NO4.ClH/c1-22-16-12-14(4-5-15(16)19)3-2-13-6-9-18(10-7-13)11-8-17(20)21;/h2-7,9-10,12H,8,11H2,1H3,(H,20,21);1H. The number of aliphatic carboxylic acids is 1. The molecule has 0 aliphatic heterocycles. The average Bonchev–Trinajstić information content (AvgIpc) is 2.53. The van der Waals surface area contributed by atoms with Crippen LogP contribution in [0.25, 0.3) is 12.2 Å². The number of carbonyl (C=O) groups is 1. The summed E-state index contributed by atoms with van der Waals surface area (Å²) in [5.41, 5.74) is 1.91. The topological polar surface area (TPSA) is 70.6 Å². The Bertz CT molecular complexity index is 683. The summed E-state index contributed by atoms with van der Waals surface area (Å²) in [4.78, 5) is 10.5.